The van der Waals surface area contributed by atoms with Crippen molar-refractivity contribution in [2.45, 2.75) is 44.9 Å². The second-order valence-corrected chi connectivity index (χ2v) is 3.88. The third-order valence-corrected chi connectivity index (χ3v) is 2.26. The van der Waals surface area contributed by atoms with Crippen molar-refractivity contribution in [3.8, 4) is 0 Å². The molecule has 1 unspecified atom stereocenters. The van der Waals surface area contributed by atoms with E-state index in [9.17, 15) is 18.0 Å². The monoisotopic (exact) mass is 271 g/mol. The summed E-state index contributed by atoms with van der Waals surface area (Å²) in [6.45, 7) is 1.97. The molecule has 1 atom stereocenters. The van der Waals surface area contributed by atoms with Gasteiger partial charge in [-0.15, -0.1) is 0 Å². The summed E-state index contributed by atoms with van der Waals surface area (Å²) in [5, 5.41) is 11.2. The molecule has 4 nitrogen and oxygen atoms in total. The molecular formula is C11H20F3NO3. The molecule has 0 aliphatic heterocycles. The molecule has 0 aromatic heterocycles. The van der Waals surface area contributed by atoms with Gasteiger partial charge in [-0.3, -0.25) is 4.79 Å². The van der Waals surface area contributed by atoms with Crippen LogP contribution in [0.3, 0.4) is 0 Å². The Bertz CT molecular complexity index is 234. The maximum Gasteiger partial charge on any atom is 0.415 e. The van der Waals surface area contributed by atoms with E-state index in [1.165, 1.54) is 0 Å². The number of aliphatic hydroxyl groups excluding tert-OH is 1. The summed E-state index contributed by atoms with van der Waals surface area (Å²) in [4.78, 5) is 10.9. The number of nitrogens with one attached hydrogen (secondary N) is 1. The fourth-order valence-corrected chi connectivity index (χ4v) is 1.28. The predicted octanol–water partition coefficient (Wildman–Crippen LogP) is 1.62. The molecule has 0 heterocycles. The Morgan fingerprint density at radius 2 is 2.00 bits per heavy atom. The summed E-state index contributed by atoms with van der Waals surface area (Å²) < 4.78 is 40.4. The molecule has 0 aromatic carbocycles. The van der Waals surface area contributed by atoms with Gasteiger partial charge in [0.25, 0.3) is 0 Å². The molecule has 0 bridgehead atoms. The highest BCUT2D eigenvalue weighted by atomic mass is 19.4. The van der Waals surface area contributed by atoms with E-state index in [1.54, 1.807) is 6.92 Å². The van der Waals surface area contributed by atoms with Crippen molar-refractivity contribution in [2.24, 2.45) is 0 Å². The number of alkyl halides is 3. The summed E-state index contributed by atoms with van der Waals surface area (Å²) >= 11 is 0. The molecule has 7 heteroatoms. The van der Waals surface area contributed by atoms with Crippen molar-refractivity contribution in [1.29, 1.82) is 0 Å². The molecule has 0 aliphatic carbocycles. The highest BCUT2D eigenvalue weighted by Gasteiger charge is 2.37. The number of halogens is 3. The van der Waals surface area contributed by atoms with Gasteiger partial charge in [-0.25, -0.2) is 0 Å². The average molecular weight is 271 g/mol. The van der Waals surface area contributed by atoms with Crippen LogP contribution in [0.15, 0.2) is 0 Å². The lowest BCUT2D eigenvalue weighted by Crippen LogP contribution is -2.38. The molecule has 2 N–H and O–H groups in total. The Morgan fingerprint density at radius 3 is 2.56 bits per heavy atom. The van der Waals surface area contributed by atoms with E-state index < -0.39 is 18.8 Å². The minimum atomic E-state index is -4.57. The van der Waals surface area contributed by atoms with Crippen LogP contribution in [0.1, 0.15) is 32.6 Å². The maximum absolute atomic E-state index is 11.9. The number of ether oxygens (including phenoxy) is 1. The van der Waals surface area contributed by atoms with E-state index in [1.807, 2.05) is 0 Å². The first-order chi connectivity index (χ1) is 8.38. The normalized spacial score (nSPS) is 13.4. The third kappa shape index (κ3) is 9.23. The van der Waals surface area contributed by atoms with Crippen LogP contribution in [-0.4, -0.2) is 43.1 Å². The first-order valence-electron chi connectivity index (χ1n) is 5.99. The van der Waals surface area contributed by atoms with Crippen LogP contribution in [0.25, 0.3) is 0 Å². The number of carbonyl (C=O) groups excluding carboxylic acids is 1. The molecule has 0 saturated heterocycles. The molecule has 0 radical (unpaired) electrons. The molecule has 0 aliphatic rings. The zero-order valence-electron chi connectivity index (χ0n) is 10.4. The molecule has 108 valence electrons. The molecule has 0 saturated carbocycles. The average Bonchev–Trinajstić information content (AvgIpc) is 2.26. The number of carbonyl (C=O) groups is 1. The molecule has 0 fully saturated rings. The largest absolute Gasteiger partial charge is 0.466 e. The summed E-state index contributed by atoms with van der Waals surface area (Å²) in [7, 11) is 0. The van der Waals surface area contributed by atoms with E-state index in [-0.39, 0.29) is 5.97 Å². The smallest absolute Gasteiger partial charge is 0.415 e. The Hall–Kier alpha value is -0.820. The Balaban J connectivity index is 3.34. The third-order valence-electron chi connectivity index (χ3n) is 2.26. The number of aliphatic hydroxyl groups is 1. The molecule has 0 rings (SSSR count). The summed E-state index contributed by atoms with van der Waals surface area (Å²) in [6.07, 6.45) is -4.52. The van der Waals surface area contributed by atoms with Crippen LogP contribution in [0, 0.1) is 0 Å². The molecule has 0 aromatic rings. The van der Waals surface area contributed by atoms with Crippen LogP contribution in [0.4, 0.5) is 13.2 Å². The van der Waals surface area contributed by atoms with Gasteiger partial charge >= 0.3 is 12.1 Å². The van der Waals surface area contributed by atoms with Crippen molar-refractivity contribution >= 4 is 5.97 Å². The second-order valence-electron chi connectivity index (χ2n) is 3.88. The van der Waals surface area contributed by atoms with Crippen molar-refractivity contribution in [1.82, 2.24) is 5.32 Å². The lowest BCUT2D eigenvalue weighted by Gasteiger charge is -2.14. The maximum atomic E-state index is 11.9. The van der Waals surface area contributed by atoms with Gasteiger partial charge in [0.05, 0.1) is 6.61 Å². The molecular weight excluding hydrogens is 251 g/mol. The van der Waals surface area contributed by atoms with Gasteiger partial charge < -0.3 is 15.2 Å². The summed E-state index contributed by atoms with van der Waals surface area (Å²) in [6, 6.07) is 0. The lowest BCUT2D eigenvalue weighted by atomic mass is 10.2. The highest BCUT2D eigenvalue weighted by molar-refractivity contribution is 5.69. The van der Waals surface area contributed by atoms with E-state index in [4.69, 9.17) is 9.84 Å². The topological polar surface area (TPSA) is 58.6 Å². The lowest BCUT2D eigenvalue weighted by molar-refractivity contribution is -0.201. The number of rotatable bonds is 9. The van der Waals surface area contributed by atoms with Gasteiger partial charge in [0.1, 0.15) is 0 Å². The van der Waals surface area contributed by atoms with Crippen molar-refractivity contribution in [3.05, 3.63) is 0 Å². The van der Waals surface area contributed by atoms with E-state index >= 15 is 0 Å². The number of unbranched alkanes of at least 4 members (excludes halogenated alkanes) is 2. The summed E-state index contributed by atoms with van der Waals surface area (Å²) in [5.74, 6) is -0.252. The van der Waals surface area contributed by atoms with Crippen molar-refractivity contribution in [2.75, 3.05) is 19.7 Å². The second kappa shape index (κ2) is 9.16. The van der Waals surface area contributed by atoms with Gasteiger partial charge in [0.15, 0.2) is 6.10 Å². The molecule has 18 heavy (non-hydrogen) atoms. The standard InChI is InChI=1S/C11H20F3NO3/c1-2-18-10(17)6-4-3-5-7-15-8-9(16)11(12,13)14/h9,15-16H,2-8H2,1H3. The minimum absolute atomic E-state index is 0.252. The summed E-state index contributed by atoms with van der Waals surface area (Å²) in [5.41, 5.74) is 0. The molecule has 0 amide bonds. The quantitative estimate of drug-likeness (QED) is 0.494. The molecule has 0 spiro atoms. The Labute approximate surface area is 105 Å². The minimum Gasteiger partial charge on any atom is -0.466 e. The SMILES string of the molecule is CCOC(=O)CCCCCNCC(O)C(F)(F)F. The first-order valence-corrected chi connectivity index (χ1v) is 5.99. The number of esters is 1. The van der Waals surface area contributed by atoms with Gasteiger partial charge in [-0.2, -0.15) is 13.2 Å². The first kappa shape index (κ1) is 17.2. The van der Waals surface area contributed by atoms with Crippen LogP contribution < -0.4 is 5.32 Å². The van der Waals surface area contributed by atoms with E-state index in [0.717, 1.165) is 6.42 Å². The van der Waals surface area contributed by atoms with Gasteiger partial charge in [-0.05, 0) is 26.3 Å². The Kier molecular flexibility index (Phi) is 8.74. The van der Waals surface area contributed by atoms with Crippen LogP contribution >= 0.6 is 0 Å². The van der Waals surface area contributed by atoms with E-state index in [0.29, 0.717) is 32.4 Å². The van der Waals surface area contributed by atoms with Crippen LogP contribution in [-0.2, 0) is 9.53 Å². The number of hydrogen-bond donors (Lipinski definition) is 2. The fourth-order valence-electron chi connectivity index (χ4n) is 1.28. The number of hydrogen-bond acceptors (Lipinski definition) is 4. The van der Waals surface area contributed by atoms with Gasteiger partial charge in [0.2, 0.25) is 0 Å². The fraction of sp³-hybridized carbons (Fsp3) is 0.909. The highest BCUT2D eigenvalue weighted by Crippen LogP contribution is 2.19. The van der Waals surface area contributed by atoms with E-state index in [2.05, 4.69) is 5.32 Å². The van der Waals surface area contributed by atoms with Crippen molar-refractivity contribution in [3.63, 3.8) is 0 Å². The zero-order valence-corrected chi connectivity index (χ0v) is 10.4. The van der Waals surface area contributed by atoms with Crippen molar-refractivity contribution < 1.29 is 27.8 Å². The van der Waals surface area contributed by atoms with Crippen LogP contribution in [0.5, 0.6) is 0 Å². The zero-order chi connectivity index (χ0) is 14.0. The van der Waals surface area contributed by atoms with Gasteiger partial charge in [0, 0.05) is 13.0 Å². The van der Waals surface area contributed by atoms with Crippen LogP contribution in [0.2, 0.25) is 0 Å². The van der Waals surface area contributed by atoms with Gasteiger partial charge in [-0.1, -0.05) is 6.42 Å². The Morgan fingerprint density at radius 1 is 1.33 bits per heavy atom. The predicted molar refractivity (Wildman–Crippen MR) is 60.0 cm³/mol.